The Morgan fingerprint density at radius 3 is 2.58 bits per heavy atom. The van der Waals surface area contributed by atoms with Crippen molar-refractivity contribution in [2.75, 3.05) is 7.11 Å². The van der Waals surface area contributed by atoms with E-state index in [1.165, 1.54) is 0 Å². The van der Waals surface area contributed by atoms with E-state index in [0.717, 1.165) is 13.3 Å². The maximum absolute atomic E-state index is 13.9. The molecule has 0 radical (unpaired) electrons. The second-order valence-electron chi connectivity index (χ2n) is 3.40. The van der Waals surface area contributed by atoms with Crippen LogP contribution in [0.2, 0.25) is 0 Å². The summed E-state index contributed by atoms with van der Waals surface area (Å²) in [6, 6.07) is 0.609. The standard InChI is InChI=1S/C11H6F3NO3S/c1-18-9-7(13)4(2-5(12)8(9)14)10-15-3-6(19-10)11(16)17/h2-3H,1H3,(H,16,17). The van der Waals surface area contributed by atoms with E-state index < -0.39 is 29.2 Å². The summed E-state index contributed by atoms with van der Waals surface area (Å²) in [6.07, 6.45) is 1.01. The van der Waals surface area contributed by atoms with Gasteiger partial charge in [-0.25, -0.2) is 18.6 Å². The van der Waals surface area contributed by atoms with Crippen LogP contribution in [0, 0.1) is 17.5 Å². The third kappa shape index (κ3) is 2.26. The van der Waals surface area contributed by atoms with E-state index in [9.17, 15) is 18.0 Å². The Morgan fingerprint density at radius 1 is 1.37 bits per heavy atom. The average Bonchev–Trinajstić information content (AvgIpc) is 2.84. The van der Waals surface area contributed by atoms with E-state index in [1.807, 2.05) is 0 Å². The molecule has 0 bridgehead atoms. The lowest BCUT2D eigenvalue weighted by Crippen LogP contribution is -1.98. The van der Waals surface area contributed by atoms with Gasteiger partial charge in [-0.2, -0.15) is 4.39 Å². The van der Waals surface area contributed by atoms with Crippen molar-refractivity contribution in [2.24, 2.45) is 0 Å². The molecule has 0 aliphatic rings. The third-order valence-electron chi connectivity index (χ3n) is 2.27. The Kier molecular flexibility index (Phi) is 3.43. The highest BCUT2D eigenvalue weighted by Crippen LogP contribution is 2.35. The number of carboxylic acids is 1. The first-order valence-corrected chi connectivity index (χ1v) is 5.68. The fourth-order valence-electron chi connectivity index (χ4n) is 1.41. The predicted molar refractivity (Wildman–Crippen MR) is 60.9 cm³/mol. The molecular formula is C11H6F3NO3S. The molecule has 100 valence electrons. The monoisotopic (exact) mass is 289 g/mol. The van der Waals surface area contributed by atoms with Crippen LogP contribution in [0.1, 0.15) is 9.67 Å². The van der Waals surface area contributed by atoms with Gasteiger partial charge in [0.25, 0.3) is 0 Å². The summed E-state index contributed by atoms with van der Waals surface area (Å²) in [4.78, 5) is 14.2. The first-order chi connectivity index (χ1) is 8.95. The van der Waals surface area contributed by atoms with E-state index in [1.54, 1.807) is 0 Å². The molecule has 2 rings (SSSR count). The number of aromatic carboxylic acids is 1. The lowest BCUT2D eigenvalue weighted by molar-refractivity contribution is 0.0702. The van der Waals surface area contributed by atoms with Crippen LogP contribution in [0.5, 0.6) is 5.75 Å². The quantitative estimate of drug-likeness (QED) is 0.883. The zero-order chi connectivity index (χ0) is 14.2. The average molecular weight is 289 g/mol. The Labute approximate surface area is 109 Å². The molecule has 1 N–H and O–H groups in total. The van der Waals surface area contributed by atoms with Crippen LogP contribution < -0.4 is 4.74 Å². The SMILES string of the molecule is COc1c(F)c(F)cc(-c2ncc(C(=O)O)s2)c1F. The molecule has 0 aliphatic carbocycles. The van der Waals surface area contributed by atoms with E-state index >= 15 is 0 Å². The molecule has 0 saturated carbocycles. The molecule has 1 aromatic heterocycles. The number of thiazole rings is 1. The van der Waals surface area contributed by atoms with Gasteiger partial charge in [0.1, 0.15) is 9.88 Å². The van der Waals surface area contributed by atoms with Crippen LogP contribution in [0.3, 0.4) is 0 Å². The predicted octanol–water partition coefficient (Wildman–Crippen LogP) is 2.93. The number of rotatable bonds is 3. The van der Waals surface area contributed by atoms with Crippen LogP contribution in [-0.4, -0.2) is 23.2 Å². The minimum absolute atomic E-state index is 0.0768. The summed E-state index contributed by atoms with van der Waals surface area (Å²) in [5.74, 6) is -5.99. The number of hydrogen-bond donors (Lipinski definition) is 1. The van der Waals surface area contributed by atoms with E-state index in [2.05, 4.69) is 9.72 Å². The number of carbonyl (C=O) groups is 1. The highest BCUT2D eigenvalue weighted by molar-refractivity contribution is 7.16. The van der Waals surface area contributed by atoms with Crippen molar-refractivity contribution in [2.45, 2.75) is 0 Å². The van der Waals surface area contributed by atoms with Crippen molar-refractivity contribution in [3.8, 4) is 16.3 Å². The van der Waals surface area contributed by atoms with Gasteiger partial charge in [0.15, 0.2) is 17.4 Å². The number of nitrogens with zero attached hydrogens (tertiary/aromatic N) is 1. The molecule has 0 unspecified atom stereocenters. The molecular weight excluding hydrogens is 283 g/mol. The Morgan fingerprint density at radius 2 is 2.05 bits per heavy atom. The van der Waals surface area contributed by atoms with Crippen molar-refractivity contribution >= 4 is 17.3 Å². The Bertz CT molecular complexity index is 657. The van der Waals surface area contributed by atoms with Gasteiger partial charge in [-0.15, -0.1) is 11.3 Å². The first kappa shape index (κ1) is 13.3. The number of carboxylic acid groups (broad SMARTS) is 1. The van der Waals surface area contributed by atoms with Gasteiger partial charge in [-0.05, 0) is 6.07 Å². The van der Waals surface area contributed by atoms with Gasteiger partial charge in [0.05, 0.1) is 18.9 Å². The smallest absolute Gasteiger partial charge is 0.347 e. The number of halogens is 3. The van der Waals surface area contributed by atoms with E-state index in [0.29, 0.717) is 17.4 Å². The maximum Gasteiger partial charge on any atom is 0.347 e. The summed E-state index contributed by atoms with van der Waals surface area (Å²) < 4.78 is 44.9. The summed E-state index contributed by atoms with van der Waals surface area (Å²) in [7, 11) is 0.995. The van der Waals surface area contributed by atoms with Gasteiger partial charge >= 0.3 is 5.97 Å². The molecule has 0 saturated heterocycles. The highest BCUT2D eigenvalue weighted by Gasteiger charge is 2.22. The number of hydrogen-bond acceptors (Lipinski definition) is 4. The fraction of sp³-hybridized carbons (Fsp3) is 0.0909. The lowest BCUT2D eigenvalue weighted by Gasteiger charge is -2.07. The largest absolute Gasteiger partial charge is 0.491 e. The fourth-order valence-corrected chi connectivity index (χ4v) is 2.18. The molecule has 0 atom stereocenters. The van der Waals surface area contributed by atoms with Gasteiger partial charge in [0, 0.05) is 0 Å². The second-order valence-corrected chi connectivity index (χ2v) is 4.43. The minimum atomic E-state index is -1.45. The molecule has 0 fully saturated rings. The van der Waals surface area contributed by atoms with Gasteiger partial charge < -0.3 is 9.84 Å². The zero-order valence-electron chi connectivity index (χ0n) is 9.41. The number of aromatic nitrogens is 1. The van der Waals surface area contributed by atoms with Crippen LogP contribution in [-0.2, 0) is 0 Å². The van der Waals surface area contributed by atoms with Crippen molar-refractivity contribution in [3.63, 3.8) is 0 Å². The molecule has 4 nitrogen and oxygen atoms in total. The van der Waals surface area contributed by atoms with Crippen molar-refractivity contribution in [1.29, 1.82) is 0 Å². The zero-order valence-corrected chi connectivity index (χ0v) is 10.2. The number of methoxy groups -OCH3 is 1. The van der Waals surface area contributed by atoms with Gasteiger partial charge in [-0.1, -0.05) is 0 Å². The molecule has 1 aromatic carbocycles. The van der Waals surface area contributed by atoms with Crippen LogP contribution >= 0.6 is 11.3 Å². The Hall–Kier alpha value is -2.09. The normalized spacial score (nSPS) is 10.5. The number of benzene rings is 1. The molecule has 2 aromatic rings. The van der Waals surface area contributed by atoms with Crippen molar-refractivity contribution in [1.82, 2.24) is 4.98 Å². The number of ether oxygens (including phenoxy) is 1. The summed E-state index contributed by atoms with van der Waals surface area (Å²) in [5.41, 5.74) is -0.353. The van der Waals surface area contributed by atoms with Crippen LogP contribution in [0.15, 0.2) is 12.3 Å². The summed E-state index contributed by atoms with van der Waals surface area (Å²) in [6.45, 7) is 0. The molecule has 19 heavy (non-hydrogen) atoms. The van der Waals surface area contributed by atoms with Crippen LogP contribution in [0.25, 0.3) is 10.6 Å². The van der Waals surface area contributed by atoms with Gasteiger partial charge in [-0.3, -0.25) is 0 Å². The van der Waals surface area contributed by atoms with E-state index in [4.69, 9.17) is 5.11 Å². The highest BCUT2D eigenvalue weighted by atomic mass is 32.1. The van der Waals surface area contributed by atoms with Crippen LogP contribution in [0.4, 0.5) is 13.2 Å². The third-order valence-corrected chi connectivity index (χ3v) is 3.29. The first-order valence-electron chi connectivity index (χ1n) is 4.86. The molecule has 8 heteroatoms. The molecule has 0 amide bonds. The molecule has 0 aliphatic heterocycles. The summed E-state index contributed by atoms with van der Waals surface area (Å²) in [5, 5.41) is 8.65. The minimum Gasteiger partial charge on any atom is -0.491 e. The van der Waals surface area contributed by atoms with Crippen molar-refractivity contribution in [3.05, 3.63) is 34.6 Å². The second kappa shape index (κ2) is 4.88. The molecule has 0 spiro atoms. The topological polar surface area (TPSA) is 59.4 Å². The summed E-state index contributed by atoms with van der Waals surface area (Å²) >= 11 is 0.647. The maximum atomic E-state index is 13.9. The van der Waals surface area contributed by atoms with E-state index in [-0.39, 0.29) is 15.4 Å². The van der Waals surface area contributed by atoms with Crippen molar-refractivity contribution < 1.29 is 27.8 Å². The molecule has 1 heterocycles. The Balaban J connectivity index is 2.61. The van der Waals surface area contributed by atoms with Gasteiger partial charge in [0.2, 0.25) is 5.82 Å². The lowest BCUT2D eigenvalue weighted by atomic mass is 10.2.